The predicted molar refractivity (Wildman–Crippen MR) is 71.7 cm³/mol. The van der Waals surface area contributed by atoms with Gasteiger partial charge in [0, 0.05) is 18.8 Å². The third kappa shape index (κ3) is 3.56. The van der Waals surface area contributed by atoms with Gasteiger partial charge >= 0.3 is 5.69 Å². The summed E-state index contributed by atoms with van der Waals surface area (Å²) in [5, 5.41) is 2.70. The maximum Gasteiger partial charge on any atom is 0.323 e. The molecular weight excluding hydrogens is 244 g/mol. The molecule has 0 aliphatic rings. The maximum atomic E-state index is 11.6. The molecule has 1 amide bonds. The van der Waals surface area contributed by atoms with Crippen LogP contribution in [0.25, 0.3) is 0 Å². The summed E-state index contributed by atoms with van der Waals surface area (Å²) in [7, 11) is 0. The van der Waals surface area contributed by atoms with E-state index in [2.05, 4.69) is 15.3 Å². The van der Waals surface area contributed by atoms with E-state index in [0.29, 0.717) is 13.0 Å². The molecule has 1 aromatic carbocycles. The van der Waals surface area contributed by atoms with E-state index in [1.807, 2.05) is 30.3 Å². The van der Waals surface area contributed by atoms with Crippen LogP contribution >= 0.6 is 0 Å². The molecule has 2 rings (SSSR count). The number of amides is 1. The second-order valence-electron chi connectivity index (χ2n) is 4.22. The van der Waals surface area contributed by atoms with Crippen molar-refractivity contribution in [3.8, 4) is 0 Å². The summed E-state index contributed by atoms with van der Waals surface area (Å²) in [6, 6.07) is 9.58. The average Bonchev–Trinajstić information content (AvgIpc) is 2.86. The van der Waals surface area contributed by atoms with Gasteiger partial charge in [-0.1, -0.05) is 30.3 Å². The van der Waals surface area contributed by atoms with Crippen LogP contribution in [-0.4, -0.2) is 22.4 Å². The summed E-state index contributed by atoms with van der Waals surface area (Å²) in [4.78, 5) is 27.3. The molecule has 5 N–H and O–H groups in total. The van der Waals surface area contributed by atoms with Gasteiger partial charge in [0.25, 0.3) is 5.91 Å². The number of rotatable bonds is 5. The number of benzene rings is 1. The van der Waals surface area contributed by atoms with Crippen molar-refractivity contribution >= 4 is 5.91 Å². The van der Waals surface area contributed by atoms with E-state index in [0.717, 1.165) is 5.56 Å². The molecule has 0 saturated heterocycles. The first kappa shape index (κ1) is 13.1. The van der Waals surface area contributed by atoms with Crippen LogP contribution in [0.15, 0.2) is 41.3 Å². The predicted octanol–water partition coefficient (Wildman–Crippen LogP) is 0.523. The lowest BCUT2D eigenvalue weighted by molar-refractivity contribution is 0.0948. The molecule has 1 aromatic heterocycles. The molecule has 0 bridgehead atoms. The number of carbonyl (C=O) groups excluding carboxylic acids is 1. The van der Waals surface area contributed by atoms with E-state index in [1.165, 1.54) is 6.20 Å². The van der Waals surface area contributed by atoms with Gasteiger partial charge in [0.15, 0.2) is 0 Å². The van der Waals surface area contributed by atoms with Gasteiger partial charge in [-0.05, 0) is 12.0 Å². The SMILES string of the molecule is NC(CCNC(=O)c1c[nH]c(=O)[nH]1)c1ccccc1. The number of nitrogens with one attached hydrogen (secondary N) is 3. The Labute approximate surface area is 110 Å². The number of imidazole rings is 1. The van der Waals surface area contributed by atoms with E-state index in [-0.39, 0.29) is 17.6 Å². The van der Waals surface area contributed by atoms with E-state index in [9.17, 15) is 9.59 Å². The second kappa shape index (κ2) is 6.01. The van der Waals surface area contributed by atoms with Gasteiger partial charge in [0.2, 0.25) is 0 Å². The summed E-state index contributed by atoms with van der Waals surface area (Å²) in [6.07, 6.45) is 1.97. The zero-order valence-electron chi connectivity index (χ0n) is 10.3. The Morgan fingerprint density at radius 3 is 2.68 bits per heavy atom. The van der Waals surface area contributed by atoms with Gasteiger partial charge < -0.3 is 21.0 Å². The molecule has 1 unspecified atom stereocenters. The van der Waals surface area contributed by atoms with E-state index in [1.54, 1.807) is 0 Å². The maximum absolute atomic E-state index is 11.6. The van der Waals surface area contributed by atoms with Crippen molar-refractivity contribution in [3.05, 3.63) is 58.3 Å². The fourth-order valence-electron chi connectivity index (χ4n) is 1.76. The highest BCUT2D eigenvalue weighted by molar-refractivity contribution is 5.91. The number of H-pyrrole nitrogens is 2. The molecule has 0 spiro atoms. The molecule has 1 atom stereocenters. The normalized spacial score (nSPS) is 12.1. The van der Waals surface area contributed by atoms with E-state index < -0.39 is 5.69 Å². The number of hydrogen-bond donors (Lipinski definition) is 4. The van der Waals surface area contributed by atoms with Gasteiger partial charge in [0.1, 0.15) is 5.69 Å². The zero-order valence-corrected chi connectivity index (χ0v) is 10.3. The van der Waals surface area contributed by atoms with Gasteiger partial charge in [-0.3, -0.25) is 4.79 Å². The summed E-state index contributed by atoms with van der Waals surface area (Å²) in [5.41, 5.74) is 6.87. The smallest absolute Gasteiger partial charge is 0.323 e. The Hall–Kier alpha value is -2.34. The fraction of sp³-hybridized carbons (Fsp3) is 0.231. The number of aromatic amines is 2. The van der Waals surface area contributed by atoms with Crippen molar-refractivity contribution in [3.63, 3.8) is 0 Å². The van der Waals surface area contributed by atoms with Crippen LogP contribution in [0.1, 0.15) is 28.5 Å². The summed E-state index contributed by atoms with van der Waals surface area (Å²) < 4.78 is 0. The third-order valence-electron chi connectivity index (χ3n) is 2.81. The Bertz CT molecular complexity index is 588. The topological polar surface area (TPSA) is 104 Å². The molecule has 0 aliphatic heterocycles. The van der Waals surface area contributed by atoms with Gasteiger partial charge in [-0.25, -0.2) is 4.79 Å². The van der Waals surface area contributed by atoms with E-state index in [4.69, 9.17) is 5.73 Å². The summed E-state index contributed by atoms with van der Waals surface area (Å²) in [5.74, 6) is -0.321. The number of aromatic nitrogens is 2. The lowest BCUT2D eigenvalue weighted by atomic mass is 10.1. The summed E-state index contributed by atoms with van der Waals surface area (Å²) >= 11 is 0. The molecule has 0 radical (unpaired) electrons. The molecule has 6 heteroatoms. The van der Waals surface area contributed by atoms with Crippen molar-refractivity contribution < 1.29 is 4.79 Å². The monoisotopic (exact) mass is 260 g/mol. The minimum absolute atomic E-state index is 0.119. The molecule has 19 heavy (non-hydrogen) atoms. The second-order valence-corrected chi connectivity index (χ2v) is 4.22. The van der Waals surface area contributed by atoms with Crippen LogP contribution in [-0.2, 0) is 0 Å². The van der Waals surface area contributed by atoms with Crippen molar-refractivity contribution in [1.29, 1.82) is 0 Å². The standard InChI is InChI=1S/C13H16N4O2/c14-10(9-4-2-1-3-5-9)6-7-15-12(18)11-8-16-13(19)17-11/h1-5,8,10H,6-7,14H2,(H,15,18)(H2,16,17,19). The fourth-order valence-corrected chi connectivity index (χ4v) is 1.76. The highest BCUT2D eigenvalue weighted by Crippen LogP contribution is 2.12. The number of hydrogen-bond acceptors (Lipinski definition) is 3. The molecule has 2 aromatic rings. The molecule has 100 valence electrons. The number of nitrogens with two attached hydrogens (primary N) is 1. The van der Waals surface area contributed by atoms with Gasteiger partial charge in [0.05, 0.1) is 0 Å². The highest BCUT2D eigenvalue weighted by atomic mass is 16.2. The largest absolute Gasteiger partial charge is 0.351 e. The van der Waals surface area contributed by atoms with Crippen LogP contribution in [0, 0.1) is 0 Å². The van der Waals surface area contributed by atoms with Gasteiger partial charge in [-0.15, -0.1) is 0 Å². The first-order chi connectivity index (χ1) is 9.16. The van der Waals surface area contributed by atoms with Gasteiger partial charge in [-0.2, -0.15) is 0 Å². The molecule has 0 aliphatic carbocycles. The highest BCUT2D eigenvalue weighted by Gasteiger charge is 2.09. The molecule has 1 heterocycles. The Morgan fingerprint density at radius 2 is 2.05 bits per heavy atom. The van der Waals surface area contributed by atoms with Crippen molar-refractivity contribution in [2.45, 2.75) is 12.5 Å². The van der Waals surface area contributed by atoms with Crippen LogP contribution in [0.3, 0.4) is 0 Å². The summed E-state index contributed by atoms with van der Waals surface area (Å²) in [6.45, 7) is 0.447. The zero-order chi connectivity index (χ0) is 13.7. The van der Waals surface area contributed by atoms with Crippen LogP contribution < -0.4 is 16.7 Å². The van der Waals surface area contributed by atoms with Crippen molar-refractivity contribution in [2.75, 3.05) is 6.54 Å². The van der Waals surface area contributed by atoms with Crippen LogP contribution in [0.4, 0.5) is 0 Å². The lowest BCUT2D eigenvalue weighted by Gasteiger charge is -2.12. The molecule has 6 nitrogen and oxygen atoms in total. The third-order valence-corrected chi connectivity index (χ3v) is 2.81. The van der Waals surface area contributed by atoms with E-state index >= 15 is 0 Å². The molecule has 0 fully saturated rings. The minimum atomic E-state index is -0.397. The first-order valence-corrected chi connectivity index (χ1v) is 6.03. The van der Waals surface area contributed by atoms with Crippen LogP contribution in [0.2, 0.25) is 0 Å². The van der Waals surface area contributed by atoms with Crippen molar-refractivity contribution in [2.24, 2.45) is 5.73 Å². The van der Waals surface area contributed by atoms with Crippen molar-refractivity contribution in [1.82, 2.24) is 15.3 Å². The Balaban J connectivity index is 1.81. The quantitative estimate of drug-likeness (QED) is 0.630. The Kier molecular flexibility index (Phi) is 4.15. The number of carbonyl (C=O) groups is 1. The lowest BCUT2D eigenvalue weighted by Crippen LogP contribution is -2.27. The minimum Gasteiger partial charge on any atom is -0.351 e. The average molecular weight is 260 g/mol. The molecular formula is C13H16N4O2. The first-order valence-electron chi connectivity index (χ1n) is 6.03. The Morgan fingerprint density at radius 1 is 1.32 bits per heavy atom. The molecule has 0 saturated carbocycles. The van der Waals surface area contributed by atoms with Crippen LogP contribution in [0.5, 0.6) is 0 Å².